The molecule has 184 valence electrons. The van der Waals surface area contributed by atoms with Crippen LogP contribution in [0.1, 0.15) is 102 Å². The minimum atomic E-state index is 1.19. The fraction of sp³-hybridized carbons (Fsp3) is 0.500. The van der Waals surface area contributed by atoms with Gasteiger partial charge < -0.3 is 4.90 Å². The summed E-state index contributed by atoms with van der Waals surface area (Å²) in [5.74, 6) is 0. The molecule has 0 radical (unpaired) electrons. The molecule has 0 amide bonds. The van der Waals surface area contributed by atoms with E-state index in [1.54, 1.807) is 11.3 Å². The molecule has 3 rings (SSSR count). The summed E-state index contributed by atoms with van der Waals surface area (Å²) in [6.07, 6.45) is 18.7. The molecule has 0 bridgehead atoms. The van der Waals surface area contributed by atoms with E-state index in [2.05, 4.69) is 84.8 Å². The molecular formula is C32H45NS. The summed E-state index contributed by atoms with van der Waals surface area (Å²) in [6, 6.07) is 22.9. The van der Waals surface area contributed by atoms with Crippen LogP contribution in [-0.2, 0) is 12.8 Å². The van der Waals surface area contributed by atoms with Crippen LogP contribution in [-0.4, -0.2) is 0 Å². The quantitative estimate of drug-likeness (QED) is 0.175. The largest absolute Gasteiger partial charge is 0.302 e. The third-order valence-corrected chi connectivity index (χ3v) is 7.61. The Morgan fingerprint density at radius 1 is 0.529 bits per heavy atom. The van der Waals surface area contributed by atoms with Gasteiger partial charge in [-0.15, -0.1) is 11.3 Å². The Morgan fingerprint density at radius 2 is 0.971 bits per heavy atom. The van der Waals surface area contributed by atoms with Crippen molar-refractivity contribution in [3.8, 4) is 0 Å². The second-order valence-corrected chi connectivity index (χ2v) is 10.6. The van der Waals surface area contributed by atoms with Gasteiger partial charge in [0.1, 0.15) is 0 Å². The number of nitrogens with zero attached hydrogens (tertiary/aromatic N) is 1. The van der Waals surface area contributed by atoms with Crippen molar-refractivity contribution in [3.05, 3.63) is 77.2 Å². The number of unbranched alkanes of at least 4 members (excludes halogenated alkanes) is 10. The Kier molecular flexibility index (Phi) is 12.3. The summed E-state index contributed by atoms with van der Waals surface area (Å²) in [7, 11) is 0. The standard InChI is InChI=1S/C32H45NS/c1-3-5-7-9-11-13-16-28-19-23-30(24-20-28)33(32-18-15-27-34-32)31-25-21-29(22-26-31)17-14-12-10-8-6-4-2/h15,18-27H,3-14,16-17H2,1-2H3. The maximum atomic E-state index is 2.40. The Balaban J connectivity index is 1.58. The highest BCUT2D eigenvalue weighted by molar-refractivity contribution is 7.14. The third kappa shape index (κ3) is 8.95. The number of rotatable bonds is 17. The molecule has 2 aromatic carbocycles. The van der Waals surface area contributed by atoms with Crippen molar-refractivity contribution in [2.24, 2.45) is 0 Å². The van der Waals surface area contributed by atoms with Crippen molar-refractivity contribution in [1.29, 1.82) is 0 Å². The topological polar surface area (TPSA) is 3.24 Å². The summed E-state index contributed by atoms with van der Waals surface area (Å²) >= 11 is 1.80. The highest BCUT2D eigenvalue weighted by Crippen LogP contribution is 2.37. The summed E-state index contributed by atoms with van der Waals surface area (Å²) in [4.78, 5) is 2.40. The Bertz CT molecular complexity index is 820. The summed E-state index contributed by atoms with van der Waals surface area (Å²) < 4.78 is 0. The van der Waals surface area contributed by atoms with Gasteiger partial charge >= 0.3 is 0 Å². The van der Waals surface area contributed by atoms with Gasteiger partial charge in [-0.3, -0.25) is 0 Å². The highest BCUT2D eigenvalue weighted by atomic mass is 32.1. The zero-order chi connectivity index (χ0) is 23.8. The first kappa shape index (κ1) is 26.5. The Morgan fingerprint density at radius 3 is 1.38 bits per heavy atom. The molecule has 0 saturated heterocycles. The van der Waals surface area contributed by atoms with E-state index in [4.69, 9.17) is 0 Å². The predicted molar refractivity (Wildman–Crippen MR) is 153 cm³/mol. The summed E-state index contributed by atoms with van der Waals surface area (Å²) in [5, 5.41) is 3.44. The van der Waals surface area contributed by atoms with Gasteiger partial charge in [0.2, 0.25) is 0 Å². The first-order valence-electron chi connectivity index (χ1n) is 13.8. The van der Waals surface area contributed by atoms with Gasteiger partial charge in [0.25, 0.3) is 0 Å². The zero-order valence-corrected chi connectivity index (χ0v) is 22.4. The van der Waals surface area contributed by atoms with Gasteiger partial charge in [-0.2, -0.15) is 0 Å². The molecule has 0 fully saturated rings. The molecule has 3 aromatic rings. The van der Waals surface area contributed by atoms with Crippen molar-refractivity contribution >= 4 is 27.7 Å². The molecule has 0 aliphatic carbocycles. The predicted octanol–water partition coefficient (Wildman–Crippen LogP) is 11.0. The SMILES string of the molecule is CCCCCCCCc1ccc(N(c2ccc(CCCCCCCC)cc2)c2cccs2)cc1. The minimum Gasteiger partial charge on any atom is -0.302 e. The monoisotopic (exact) mass is 475 g/mol. The zero-order valence-electron chi connectivity index (χ0n) is 21.6. The van der Waals surface area contributed by atoms with Crippen molar-refractivity contribution in [3.63, 3.8) is 0 Å². The maximum absolute atomic E-state index is 2.40. The van der Waals surface area contributed by atoms with Gasteiger partial charge in [0.05, 0.1) is 5.00 Å². The molecule has 0 saturated carbocycles. The molecule has 0 spiro atoms. The average Bonchev–Trinajstić information content (AvgIpc) is 3.40. The molecule has 0 N–H and O–H groups in total. The molecule has 1 aromatic heterocycles. The highest BCUT2D eigenvalue weighted by Gasteiger charge is 2.13. The second-order valence-electron chi connectivity index (χ2n) is 9.66. The first-order valence-corrected chi connectivity index (χ1v) is 14.7. The molecule has 0 aliphatic rings. The lowest BCUT2D eigenvalue weighted by molar-refractivity contribution is 0.607. The number of anilines is 3. The van der Waals surface area contributed by atoms with Gasteiger partial charge in [-0.05, 0) is 78.6 Å². The number of thiophene rings is 1. The fourth-order valence-corrected chi connectivity index (χ4v) is 5.41. The Hall–Kier alpha value is -2.06. The smallest absolute Gasteiger partial charge is 0.0999 e. The van der Waals surface area contributed by atoms with E-state index in [1.165, 1.54) is 117 Å². The van der Waals surface area contributed by atoms with Crippen LogP contribution in [0.25, 0.3) is 0 Å². The number of hydrogen-bond donors (Lipinski definition) is 0. The molecule has 1 heterocycles. The molecular weight excluding hydrogens is 430 g/mol. The van der Waals surface area contributed by atoms with Crippen LogP contribution >= 0.6 is 11.3 Å². The lowest BCUT2D eigenvalue weighted by Crippen LogP contribution is -2.08. The van der Waals surface area contributed by atoms with Crippen molar-refractivity contribution < 1.29 is 0 Å². The van der Waals surface area contributed by atoms with E-state index >= 15 is 0 Å². The van der Waals surface area contributed by atoms with E-state index in [0.717, 1.165) is 0 Å². The lowest BCUT2D eigenvalue weighted by atomic mass is 10.0. The number of benzene rings is 2. The van der Waals surface area contributed by atoms with E-state index in [9.17, 15) is 0 Å². The van der Waals surface area contributed by atoms with Gasteiger partial charge in [0, 0.05) is 11.4 Å². The van der Waals surface area contributed by atoms with Crippen LogP contribution in [0.5, 0.6) is 0 Å². The Labute approximate surface area is 213 Å². The lowest BCUT2D eigenvalue weighted by Gasteiger charge is -2.24. The van der Waals surface area contributed by atoms with Crippen molar-refractivity contribution in [1.82, 2.24) is 0 Å². The van der Waals surface area contributed by atoms with Crippen LogP contribution in [0.4, 0.5) is 16.4 Å². The van der Waals surface area contributed by atoms with Gasteiger partial charge in [-0.25, -0.2) is 0 Å². The minimum absolute atomic E-state index is 1.19. The fourth-order valence-electron chi connectivity index (χ4n) is 4.64. The molecule has 0 atom stereocenters. The van der Waals surface area contributed by atoms with Gasteiger partial charge in [-0.1, -0.05) is 102 Å². The molecule has 1 nitrogen and oxygen atoms in total. The molecule has 0 unspecified atom stereocenters. The molecule has 34 heavy (non-hydrogen) atoms. The number of aryl methyl sites for hydroxylation is 2. The van der Waals surface area contributed by atoms with Crippen LogP contribution in [0.15, 0.2) is 66.0 Å². The van der Waals surface area contributed by atoms with Crippen LogP contribution in [0.2, 0.25) is 0 Å². The molecule has 0 aliphatic heterocycles. The van der Waals surface area contributed by atoms with E-state index in [0.29, 0.717) is 0 Å². The molecule has 2 heteroatoms. The van der Waals surface area contributed by atoms with Crippen molar-refractivity contribution in [2.45, 2.75) is 104 Å². The third-order valence-electron chi connectivity index (χ3n) is 6.75. The van der Waals surface area contributed by atoms with Crippen molar-refractivity contribution in [2.75, 3.05) is 4.90 Å². The normalized spacial score (nSPS) is 11.1. The van der Waals surface area contributed by atoms with Gasteiger partial charge in [0.15, 0.2) is 0 Å². The van der Waals surface area contributed by atoms with E-state index in [-0.39, 0.29) is 0 Å². The maximum Gasteiger partial charge on any atom is 0.0999 e. The number of hydrogen-bond acceptors (Lipinski definition) is 2. The van der Waals surface area contributed by atoms with Crippen LogP contribution in [0.3, 0.4) is 0 Å². The summed E-state index contributed by atoms with van der Waals surface area (Å²) in [6.45, 7) is 4.57. The van der Waals surface area contributed by atoms with Crippen LogP contribution in [0, 0.1) is 0 Å². The van der Waals surface area contributed by atoms with Crippen LogP contribution < -0.4 is 4.90 Å². The van der Waals surface area contributed by atoms with E-state index < -0.39 is 0 Å². The summed E-state index contributed by atoms with van der Waals surface area (Å²) in [5.41, 5.74) is 5.41. The first-order chi connectivity index (χ1) is 16.8. The second kappa shape index (κ2) is 15.8. The average molecular weight is 476 g/mol. The van der Waals surface area contributed by atoms with E-state index in [1.807, 2.05) is 0 Å².